The van der Waals surface area contributed by atoms with Crippen LogP contribution in [0.15, 0.2) is 12.2 Å². The molecule has 78 valence electrons. The van der Waals surface area contributed by atoms with Crippen molar-refractivity contribution in [3.8, 4) is 0 Å². The first-order chi connectivity index (χ1) is 6.57. The SMILES string of the molecule is C=C(C)[C@@H]1CC[C@@H](C)C(=O)[C@H]1CC=O. The zero-order valence-electron chi connectivity index (χ0n) is 8.95. The van der Waals surface area contributed by atoms with Gasteiger partial charge in [0.15, 0.2) is 0 Å². The maximum absolute atomic E-state index is 11.8. The maximum Gasteiger partial charge on any atom is 0.139 e. The van der Waals surface area contributed by atoms with Crippen molar-refractivity contribution in [2.45, 2.75) is 33.1 Å². The predicted molar refractivity (Wildman–Crippen MR) is 55.9 cm³/mol. The molecule has 0 amide bonds. The molecule has 0 spiro atoms. The van der Waals surface area contributed by atoms with Gasteiger partial charge in [0, 0.05) is 18.3 Å². The molecule has 1 aliphatic carbocycles. The molecule has 0 bridgehead atoms. The predicted octanol–water partition coefficient (Wildman–Crippen LogP) is 2.38. The van der Waals surface area contributed by atoms with E-state index in [-0.39, 0.29) is 23.5 Å². The van der Waals surface area contributed by atoms with Crippen molar-refractivity contribution < 1.29 is 9.59 Å². The lowest BCUT2D eigenvalue weighted by Crippen LogP contribution is -2.34. The molecule has 0 N–H and O–H groups in total. The molecule has 1 fully saturated rings. The zero-order valence-corrected chi connectivity index (χ0v) is 8.95. The third kappa shape index (κ3) is 2.11. The van der Waals surface area contributed by atoms with E-state index in [9.17, 15) is 9.59 Å². The first kappa shape index (κ1) is 11.2. The molecule has 0 aliphatic heterocycles. The fourth-order valence-electron chi connectivity index (χ4n) is 2.31. The number of ketones is 1. The molecule has 1 rings (SSSR count). The van der Waals surface area contributed by atoms with Crippen LogP contribution in [0.2, 0.25) is 0 Å². The lowest BCUT2D eigenvalue weighted by Gasteiger charge is -2.33. The monoisotopic (exact) mass is 194 g/mol. The molecule has 2 nitrogen and oxygen atoms in total. The number of allylic oxidation sites excluding steroid dienone is 1. The molecule has 0 heterocycles. The molecule has 3 atom stereocenters. The van der Waals surface area contributed by atoms with E-state index in [1.807, 2.05) is 13.8 Å². The van der Waals surface area contributed by atoms with Crippen molar-refractivity contribution in [3.05, 3.63) is 12.2 Å². The van der Waals surface area contributed by atoms with Gasteiger partial charge in [0.25, 0.3) is 0 Å². The van der Waals surface area contributed by atoms with Crippen LogP contribution in [0.5, 0.6) is 0 Å². The number of hydrogen-bond acceptors (Lipinski definition) is 2. The second kappa shape index (κ2) is 4.54. The van der Waals surface area contributed by atoms with Gasteiger partial charge in [-0.2, -0.15) is 0 Å². The summed E-state index contributed by atoms with van der Waals surface area (Å²) in [6.45, 7) is 7.81. The standard InChI is InChI=1S/C12H18O2/c1-8(2)10-5-4-9(3)12(14)11(10)6-7-13/h7,9-11H,1,4-6H2,2-3H3/t9-,10+,11+/m1/s1. The highest BCUT2D eigenvalue weighted by Gasteiger charge is 2.35. The van der Waals surface area contributed by atoms with Crippen LogP contribution in [0.3, 0.4) is 0 Å². The van der Waals surface area contributed by atoms with Crippen LogP contribution in [-0.2, 0) is 9.59 Å². The van der Waals surface area contributed by atoms with E-state index in [1.54, 1.807) is 0 Å². The van der Waals surface area contributed by atoms with Crippen LogP contribution in [0.1, 0.15) is 33.1 Å². The highest BCUT2D eigenvalue weighted by molar-refractivity contribution is 5.86. The molecule has 0 unspecified atom stereocenters. The number of rotatable bonds is 3. The van der Waals surface area contributed by atoms with Crippen molar-refractivity contribution in [3.63, 3.8) is 0 Å². The van der Waals surface area contributed by atoms with E-state index >= 15 is 0 Å². The van der Waals surface area contributed by atoms with Crippen LogP contribution >= 0.6 is 0 Å². The Hall–Kier alpha value is -0.920. The van der Waals surface area contributed by atoms with Gasteiger partial charge in [-0.1, -0.05) is 19.1 Å². The van der Waals surface area contributed by atoms with E-state index in [4.69, 9.17) is 0 Å². The first-order valence-corrected chi connectivity index (χ1v) is 5.20. The molecular weight excluding hydrogens is 176 g/mol. The fourth-order valence-corrected chi connectivity index (χ4v) is 2.31. The van der Waals surface area contributed by atoms with Crippen molar-refractivity contribution in [2.24, 2.45) is 17.8 Å². The van der Waals surface area contributed by atoms with E-state index in [0.29, 0.717) is 6.42 Å². The number of hydrogen-bond donors (Lipinski definition) is 0. The summed E-state index contributed by atoms with van der Waals surface area (Å²) in [6, 6.07) is 0. The van der Waals surface area contributed by atoms with Gasteiger partial charge >= 0.3 is 0 Å². The molecule has 0 aromatic carbocycles. The van der Waals surface area contributed by atoms with Crippen LogP contribution in [0.4, 0.5) is 0 Å². The zero-order chi connectivity index (χ0) is 10.7. The largest absolute Gasteiger partial charge is 0.303 e. The van der Waals surface area contributed by atoms with E-state index in [1.165, 1.54) is 0 Å². The Morgan fingerprint density at radius 1 is 1.57 bits per heavy atom. The Labute approximate surface area is 85.4 Å². The summed E-state index contributed by atoms with van der Waals surface area (Å²) in [6.07, 6.45) is 3.16. The lowest BCUT2D eigenvalue weighted by atomic mass is 9.70. The van der Waals surface area contributed by atoms with Crippen LogP contribution in [0, 0.1) is 17.8 Å². The molecule has 0 saturated heterocycles. The molecule has 2 heteroatoms. The fraction of sp³-hybridized carbons (Fsp3) is 0.667. The summed E-state index contributed by atoms with van der Waals surface area (Å²) >= 11 is 0. The van der Waals surface area contributed by atoms with Gasteiger partial charge in [-0.3, -0.25) is 4.79 Å². The number of Topliss-reactive ketones (excluding diaryl/α,β-unsaturated/α-hetero) is 1. The van der Waals surface area contributed by atoms with Crippen LogP contribution in [0.25, 0.3) is 0 Å². The summed E-state index contributed by atoms with van der Waals surface area (Å²) in [5.41, 5.74) is 1.04. The van der Waals surface area contributed by atoms with Crippen LogP contribution < -0.4 is 0 Å². The number of aldehydes is 1. The average molecular weight is 194 g/mol. The summed E-state index contributed by atoms with van der Waals surface area (Å²) in [5, 5.41) is 0. The number of carbonyl (C=O) groups is 2. The Morgan fingerprint density at radius 3 is 2.71 bits per heavy atom. The molecule has 0 aromatic rings. The van der Waals surface area contributed by atoms with E-state index in [2.05, 4.69) is 6.58 Å². The highest BCUT2D eigenvalue weighted by Crippen LogP contribution is 2.36. The molecule has 1 saturated carbocycles. The molecule has 1 aliphatic rings. The number of carbonyl (C=O) groups excluding carboxylic acids is 2. The summed E-state index contributed by atoms with van der Waals surface area (Å²) in [5.74, 6) is 0.490. The van der Waals surface area contributed by atoms with Gasteiger partial charge in [-0.15, -0.1) is 0 Å². The van der Waals surface area contributed by atoms with Crippen molar-refractivity contribution >= 4 is 12.1 Å². The van der Waals surface area contributed by atoms with Crippen molar-refractivity contribution in [1.29, 1.82) is 0 Å². The second-order valence-electron chi connectivity index (χ2n) is 4.34. The van der Waals surface area contributed by atoms with Gasteiger partial charge in [-0.05, 0) is 25.7 Å². The Bertz CT molecular complexity index is 255. The van der Waals surface area contributed by atoms with Crippen LogP contribution in [-0.4, -0.2) is 12.1 Å². The third-order valence-corrected chi connectivity index (χ3v) is 3.23. The molecule has 0 aromatic heterocycles. The Balaban J connectivity index is 2.81. The van der Waals surface area contributed by atoms with Gasteiger partial charge in [-0.25, -0.2) is 0 Å². The maximum atomic E-state index is 11.8. The molecule has 14 heavy (non-hydrogen) atoms. The van der Waals surface area contributed by atoms with E-state index in [0.717, 1.165) is 24.7 Å². The highest BCUT2D eigenvalue weighted by atomic mass is 16.1. The first-order valence-electron chi connectivity index (χ1n) is 5.20. The minimum absolute atomic E-state index is 0.103. The second-order valence-corrected chi connectivity index (χ2v) is 4.34. The summed E-state index contributed by atoms with van der Waals surface area (Å²) in [4.78, 5) is 22.3. The minimum Gasteiger partial charge on any atom is -0.303 e. The molecular formula is C12H18O2. The molecule has 0 radical (unpaired) electrons. The Morgan fingerprint density at radius 2 is 2.21 bits per heavy atom. The summed E-state index contributed by atoms with van der Waals surface area (Å²) < 4.78 is 0. The van der Waals surface area contributed by atoms with Gasteiger partial charge in [0.2, 0.25) is 0 Å². The third-order valence-electron chi connectivity index (χ3n) is 3.23. The quantitative estimate of drug-likeness (QED) is 0.510. The topological polar surface area (TPSA) is 34.1 Å². The van der Waals surface area contributed by atoms with E-state index < -0.39 is 0 Å². The van der Waals surface area contributed by atoms with Gasteiger partial charge in [0.1, 0.15) is 12.1 Å². The normalized spacial score (nSPS) is 32.7. The average Bonchev–Trinajstić information content (AvgIpc) is 2.13. The lowest BCUT2D eigenvalue weighted by molar-refractivity contribution is -0.132. The van der Waals surface area contributed by atoms with Gasteiger partial charge in [0.05, 0.1) is 0 Å². The summed E-state index contributed by atoms with van der Waals surface area (Å²) in [7, 11) is 0. The van der Waals surface area contributed by atoms with Crippen molar-refractivity contribution in [2.75, 3.05) is 0 Å². The Kier molecular flexibility index (Phi) is 3.62. The smallest absolute Gasteiger partial charge is 0.139 e. The van der Waals surface area contributed by atoms with Gasteiger partial charge < -0.3 is 4.79 Å². The van der Waals surface area contributed by atoms with Crippen molar-refractivity contribution in [1.82, 2.24) is 0 Å². The minimum atomic E-state index is -0.103.